The van der Waals surface area contributed by atoms with Crippen LogP contribution in [0.25, 0.3) is 0 Å². The monoisotopic (exact) mass is 166 g/mol. The van der Waals surface area contributed by atoms with E-state index in [4.69, 9.17) is 5.11 Å². The first-order valence-electron chi connectivity index (χ1n) is 3.67. The molecule has 1 atom stereocenters. The highest BCUT2D eigenvalue weighted by Crippen LogP contribution is 2.13. The fraction of sp³-hybridized carbons (Fsp3) is 0.375. The molecule has 1 N–H and O–H groups in total. The molecule has 0 amide bonds. The van der Waals surface area contributed by atoms with Crippen molar-refractivity contribution >= 4 is 0 Å². The highest BCUT2D eigenvalue weighted by Gasteiger charge is 2.05. The largest absolute Gasteiger partial charge is 0.390 e. The summed E-state index contributed by atoms with van der Waals surface area (Å²) in [5, 5.41) is 11.6. The van der Waals surface area contributed by atoms with Gasteiger partial charge in [0.25, 0.3) is 0 Å². The third-order valence-electron chi connectivity index (χ3n) is 1.58. The molecule has 0 radical (unpaired) electrons. The van der Waals surface area contributed by atoms with E-state index in [-0.39, 0.29) is 6.61 Å². The molecule has 0 aliphatic heterocycles. The molecule has 0 fully saturated rings. The maximum atomic E-state index is 10.2. The lowest BCUT2D eigenvalue weighted by Gasteiger charge is -2.02. The molecule has 1 heterocycles. The van der Waals surface area contributed by atoms with E-state index in [1.54, 1.807) is 25.1 Å². The summed E-state index contributed by atoms with van der Waals surface area (Å²) in [5.41, 5.74) is 1.15. The highest BCUT2D eigenvalue weighted by atomic mass is 16.3. The second-order valence-electron chi connectivity index (χ2n) is 2.49. The summed E-state index contributed by atoms with van der Waals surface area (Å²) in [4.78, 5) is 14.2. The molecule has 0 aliphatic carbocycles. The molecule has 64 valence electrons. The lowest BCUT2D eigenvalue weighted by atomic mass is 10.2. The Morgan fingerprint density at radius 1 is 1.67 bits per heavy atom. The van der Waals surface area contributed by atoms with Gasteiger partial charge in [0, 0.05) is 0 Å². The van der Waals surface area contributed by atoms with Crippen LogP contribution in [0.5, 0.6) is 0 Å². The molecule has 1 aromatic rings. The van der Waals surface area contributed by atoms with Crippen molar-refractivity contribution in [3.63, 3.8) is 0 Å². The minimum absolute atomic E-state index is 0.112. The van der Waals surface area contributed by atoms with E-state index in [2.05, 4.69) is 10.2 Å². The predicted molar refractivity (Wildman–Crippen MR) is 44.4 cm³/mol. The quantitative estimate of drug-likeness (QED) is 0.690. The third-order valence-corrected chi connectivity index (χ3v) is 1.58. The Morgan fingerprint density at radius 2 is 2.42 bits per heavy atom. The van der Waals surface area contributed by atoms with Crippen molar-refractivity contribution in [2.45, 2.75) is 19.6 Å². The smallest absolute Gasteiger partial charge is 0.131 e. The molecule has 4 heteroatoms. The minimum Gasteiger partial charge on any atom is -0.390 e. The summed E-state index contributed by atoms with van der Waals surface area (Å²) < 4.78 is 0. The molecule has 0 spiro atoms. The highest BCUT2D eigenvalue weighted by molar-refractivity contribution is 5.13. The van der Waals surface area contributed by atoms with Gasteiger partial charge in [0.05, 0.1) is 18.0 Å². The number of aliphatic hydroxyl groups is 1. The van der Waals surface area contributed by atoms with Crippen LogP contribution < -0.4 is 0 Å². The first-order valence-corrected chi connectivity index (χ1v) is 3.67. The van der Waals surface area contributed by atoms with Gasteiger partial charge < -0.3 is 5.11 Å². The summed E-state index contributed by atoms with van der Waals surface area (Å²) in [6.07, 6.45) is 0. The standard InChI is InChI=1S/C8H10N2O2/c1-6(10-12)8-4-2-3-7(5-11)9-8/h2-4,6,11H,5H2,1H3. The molecule has 0 aromatic carbocycles. The number of nitrogens with zero attached hydrogens (tertiary/aromatic N) is 2. The molecule has 0 aliphatic rings. The minimum atomic E-state index is -0.448. The number of rotatable bonds is 3. The summed E-state index contributed by atoms with van der Waals surface area (Å²) in [6, 6.07) is 4.71. The molecule has 1 aromatic heterocycles. The molecule has 1 rings (SSSR count). The van der Waals surface area contributed by atoms with Gasteiger partial charge in [-0.1, -0.05) is 11.2 Å². The van der Waals surface area contributed by atoms with Gasteiger partial charge in [-0.15, -0.1) is 0 Å². The van der Waals surface area contributed by atoms with Gasteiger partial charge in [-0.3, -0.25) is 4.98 Å². The SMILES string of the molecule is CC(N=O)c1cccc(CO)n1. The Kier molecular flexibility index (Phi) is 2.88. The number of nitroso groups, excluding NO2 is 1. The Morgan fingerprint density at radius 3 is 3.00 bits per heavy atom. The molecule has 0 bridgehead atoms. The van der Waals surface area contributed by atoms with E-state index in [1.807, 2.05) is 0 Å². The molecule has 0 saturated carbocycles. The zero-order valence-electron chi connectivity index (χ0n) is 6.77. The van der Waals surface area contributed by atoms with Crippen LogP contribution in [0, 0.1) is 4.91 Å². The first-order chi connectivity index (χ1) is 5.77. The number of hydrogen-bond donors (Lipinski definition) is 1. The van der Waals surface area contributed by atoms with Crippen molar-refractivity contribution in [3.05, 3.63) is 34.5 Å². The summed E-state index contributed by atoms with van der Waals surface area (Å²) in [6.45, 7) is 1.55. The Hall–Kier alpha value is -1.29. The fourth-order valence-corrected chi connectivity index (χ4v) is 0.873. The number of hydrogen-bond acceptors (Lipinski definition) is 4. The van der Waals surface area contributed by atoms with Gasteiger partial charge in [-0.2, -0.15) is 4.91 Å². The molecule has 1 unspecified atom stereocenters. The lowest BCUT2D eigenvalue weighted by molar-refractivity contribution is 0.276. The van der Waals surface area contributed by atoms with Crippen LogP contribution in [0.2, 0.25) is 0 Å². The average molecular weight is 166 g/mol. The van der Waals surface area contributed by atoms with Crippen LogP contribution in [-0.4, -0.2) is 10.1 Å². The fourth-order valence-electron chi connectivity index (χ4n) is 0.873. The second-order valence-corrected chi connectivity index (χ2v) is 2.49. The summed E-state index contributed by atoms with van der Waals surface area (Å²) in [5.74, 6) is 0. The first kappa shape index (κ1) is 8.80. The van der Waals surface area contributed by atoms with E-state index < -0.39 is 6.04 Å². The van der Waals surface area contributed by atoms with Crippen LogP contribution >= 0.6 is 0 Å². The van der Waals surface area contributed by atoms with Crippen LogP contribution in [-0.2, 0) is 6.61 Å². The number of pyridine rings is 1. The van der Waals surface area contributed by atoms with E-state index in [1.165, 1.54) is 0 Å². The van der Waals surface area contributed by atoms with Crippen molar-refractivity contribution in [2.75, 3.05) is 0 Å². The van der Waals surface area contributed by atoms with Gasteiger partial charge in [0.1, 0.15) is 6.04 Å². The van der Waals surface area contributed by atoms with Crippen LogP contribution in [0.15, 0.2) is 23.4 Å². The van der Waals surface area contributed by atoms with Crippen molar-refractivity contribution in [1.29, 1.82) is 0 Å². The van der Waals surface area contributed by atoms with Crippen molar-refractivity contribution in [3.8, 4) is 0 Å². The topological polar surface area (TPSA) is 62.5 Å². The van der Waals surface area contributed by atoms with Crippen molar-refractivity contribution < 1.29 is 5.11 Å². The zero-order chi connectivity index (χ0) is 8.97. The van der Waals surface area contributed by atoms with Crippen LogP contribution in [0.1, 0.15) is 24.4 Å². The van der Waals surface area contributed by atoms with Gasteiger partial charge in [-0.05, 0) is 19.1 Å². The van der Waals surface area contributed by atoms with Gasteiger partial charge in [0.2, 0.25) is 0 Å². The van der Waals surface area contributed by atoms with E-state index >= 15 is 0 Å². The van der Waals surface area contributed by atoms with E-state index in [0.29, 0.717) is 11.4 Å². The van der Waals surface area contributed by atoms with Gasteiger partial charge in [0.15, 0.2) is 0 Å². The molecule has 12 heavy (non-hydrogen) atoms. The van der Waals surface area contributed by atoms with Crippen molar-refractivity contribution in [1.82, 2.24) is 4.98 Å². The Bertz CT molecular complexity index is 276. The number of aliphatic hydroxyl groups excluding tert-OH is 1. The molecule has 0 saturated heterocycles. The number of aromatic nitrogens is 1. The van der Waals surface area contributed by atoms with E-state index in [0.717, 1.165) is 0 Å². The molecule has 4 nitrogen and oxygen atoms in total. The predicted octanol–water partition coefficient (Wildman–Crippen LogP) is 1.40. The molecular formula is C8H10N2O2. The second kappa shape index (κ2) is 3.92. The van der Waals surface area contributed by atoms with E-state index in [9.17, 15) is 4.91 Å². The zero-order valence-corrected chi connectivity index (χ0v) is 6.77. The lowest BCUT2D eigenvalue weighted by Crippen LogP contribution is -1.97. The summed E-state index contributed by atoms with van der Waals surface area (Å²) in [7, 11) is 0. The van der Waals surface area contributed by atoms with Gasteiger partial charge in [-0.25, -0.2) is 0 Å². The summed E-state index contributed by atoms with van der Waals surface area (Å²) >= 11 is 0. The third kappa shape index (κ3) is 1.85. The van der Waals surface area contributed by atoms with Crippen LogP contribution in [0.3, 0.4) is 0 Å². The normalized spacial score (nSPS) is 12.5. The Labute approximate surface area is 70.2 Å². The van der Waals surface area contributed by atoms with Gasteiger partial charge >= 0.3 is 0 Å². The Balaban J connectivity index is 2.93. The maximum Gasteiger partial charge on any atom is 0.131 e. The molecular weight excluding hydrogens is 156 g/mol. The maximum absolute atomic E-state index is 10.2. The van der Waals surface area contributed by atoms with Crippen molar-refractivity contribution in [2.24, 2.45) is 5.18 Å². The van der Waals surface area contributed by atoms with Crippen LogP contribution in [0.4, 0.5) is 0 Å². The average Bonchev–Trinajstić information content (AvgIpc) is 2.17.